The van der Waals surface area contributed by atoms with Crippen LogP contribution in [0.15, 0.2) is 18.3 Å². The van der Waals surface area contributed by atoms with Crippen LogP contribution in [0.25, 0.3) is 0 Å². The Labute approximate surface area is 93.8 Å². The highest BCUT2D eigenvalue weighted by atomic mass is 16.6. The van der Waals surface area contributed by atoms with Crippen LogP contribution in [-0.4, -0.2) is 16.5 Å². The van der Waals surface area contributed by atoms with Crippen LogP contribution in [0.4, 0.5) is 5.69 Å². The van der Waals surface area contributed by atoms with Gasteiger partial charge in [0, 0.05) is 17.7 Å². The molecular formula is C11H15N3O2. The number of hydrogen-bond acceptors (Lipinski definition) is 4. The largest absolute Gasteiger partial charge is 0.330 e. The van der Waals surface area contributed by atoms with Crippen molar-refractivity contribution in [2.75, 3.05) is 6.54 Å². The molecule has 1 aliphatic carbocycles. The molecule has 0 bridgehead atoms. The summed E-state index contributed by atoms with van der Waals surface area (Å²) in [6, 6.07) is 3.24. The van der Waals surface area contributed by atoms with Crippen molar-refractivity contribution in [3.8, 4) is 0 Å². The minimum absolute atomic E-state index is 0.0338. The second-order valence-electron chi connectivity index (χ2n) is 4.84. The third kappa shape index (κ3) is 1.57. The number of nitro groups is 1. The maximum absolute atomic E-state index is 10.5. The van der Waals surface area contributed by atoms with E-state index in [1.54, 1.807) is 6.07 Å². The second kappa shape index (κ2) is 3.52. The third-order valence-electron chi connectivity index (χ3n) is 3.60. The number of hydrogen-bond donors (Lipinski definition) is 1. The molecule has 1 heterocycles. The van der Waals surface area contributed by atoms with Crippen molar-refractivity contribution in [1.82, 2.24) is 4.98 Å². The summed E-state index contributed by atoms with van der Waals surface area (Å²) in [6.45, 7) is 4.94. The zero-order valence-electron chi connectivity index (χ0n) is 9.38. The molecule has 1 fully saturated rings. The predicted molar refractivity (Wildman–Crippen MR) is 60.0 cm³/mol. The summed E-state index contributed by atoms with van der Waals surface area (Å²) >= 11 is 0. The SMILES string of the molecule is CC1(C)C(CN)C1c1ccc([N+](=O)[O-])cn1. The number of aromatic nitrogens is 1. The molecule has 2 N–H and O–H groups in total. The van der Waals surface area contributed by atoms with Gasteiger partial charge in [-0.1, -0.05) is 13.8 Å². The van der Waals surface area contributed by atoms with E-state index in [0.29, 0.717) is 18.4 Å². The van der Waals surface area contributed by atoms with Crippen LogP contribution < -0.4 is 5.73 Å². The first kappa shape index (κ1) is 11.0. The maximum Gasteiger partial charge on any atom is 0.287 e. The number of nitrogens with zero attached hydrogens (tertiary/aromatic N) is 2. The Balaban J connectivity index is 2.21. The molecule has 2 atom stereocenters. The van der Waals surface area contributed by atoms with Gasteiger partial charge in [-0.15, -0.1) is 0 Å². The van der Waals surface area contributed by atoms with Gasteiger partial charge >= 0.3 is 0 Å². The highest BCUT2D eigenvalue weighted by Crippen LogP contribution is 2.63. The molecule has 86 valence electrons. The van der Waals surface area contributed by atoms with Gasteiger partial charge in [-0.3, -0.25) is 15.1 Å². The molecule has 1 aliphatic rings. The average molecular weight is 221 g/mol. The molecule has 0 aliphatic heterocycles. The summed E-state index contributed by atoms with van der Waals surface area (Å²) < 4.78 is 0. The van der Waals surface area contributed by atoms with Crippen molar-refractivity contribution < 1.29 is 4.92 Å². The van der Waals surface area contributed by atoms with E-state index in [2.05, 4.69) is 18.8 Å². The highest BCUT2D eigenvalue weighted by molar-refractivity contribution is 5.32. The monoisotopic (exact) mass is 221 g/mol. The lowest BCUT2D eigenvalue weighted by Gasteiger charge is -2.01. The van der Waals surface area contributed by atoms with Crippen LogP contribution in [0.5, 0.6) is 0 Å². The standard InChI is InChI=1S/C11H15N3O2/c1-11(2)8(5-12)10(11)9-4-3-7(6-13-9)14(15)16/h3-4,6,8,10H,5,12H2,1-2H3. The fraction of sp³-hybridized carbons (Fsp3) is 0.545. The lowest BCUT2D eigenvalue weighted by Crippen LogP contribution is -2.05. The van der Waals surface area contributed by atoms with Crippen molar-refractivity contribution in [2.45, 2.75) is 19.8 Å². The lowest BCUT2D eigenvalue weighted by atomic mass is 10.1. The quantitative estimate of drug-likeness (QED) is 0.622. The van der Waals surface area contributed by atoms with Crippen LogP contribution in [-0.2, 0) is 0 Å². The van der Waals surface area contributed by atoms with E-state index in [9.17, 15) is 10.1 Å². The third-order valence-corrected chi connectivity index (χ3v) is 3.60. The van der Waals surface area contributed by atoms with Crippen LogP contribution in [0.2, 0.25) is 0 Å². The number of rotatable bonds is 3. The van der Waals surface area contributed by atoms with Gasteiger partial charge in [0.1, 0.15) is 6.20 Å². The topological polar surface area (TPSA) is 82.0 Å². The van der Waals surface area contributed by atoms with Gasteiger partial charge in [-0.25, -0.2) is 0 Å². The van der Waals surface area contributed by atoms with Crippen molar-refractivity contribution >= 4 is 5.69 Å². The molecule has 0 amide bonds. The lowest BCUT2D eigenvalue weighted by molar-refractivity contribution is -0.385. The minimum Gasteiger partial charge on any atom is -0.330 e. The van der Waals surface area contributed by atoms with E-state index in [1.807, 2.05) is 0 Å². The van der Waals surface area contributed by atoms with Gasteiger partial charge in [-0.2, -0.15) is 0 Å². The highest BCUT2D eigenvalue weighted by Gasteiger charge is 2.58. The molecule has 5 heteroatoms. The summed E-state index contributed by atoms with van der Waals surface area (Å²) in [6.07, 6.45) is 1.32. The molecule has 0 saturated heterocycles. The molecule has 5 nitrogen and oxygen atoms in total. The predicted octanol–water partition coefficient (Wildman–Crippen LogP) is 1.69. The summed E-state index contributed by atoms with van der Waals surface area (Å²) in [5, 5.41) is 10.5. The Kier molecular flexibility index (Phi) is 2.42. The fourth-order valence-electron chi connectivity index (χ4n) is 2.46. The molecule has 0 radical (unpaired) electrons. The van der Waals surface area contributed by atoms with Crippen molar-refractivity contribution in [3.63, 3.8) is 0 Å². The van der Waals surface area contributed by atoms with Crippen molar-refractivity contribution in [1.29, 1.82) is 0 Å². The molecule has 2 rings (SSSR count). The molecule has 1 aromatic heterocycles. The van der Waals surface area contributed by atoms with E-state index in [-0.39, 0.29) is 11.1 Å². The number of pyridine rings is 1. The zero-order valence-corrected chi connectivity index (χ0v) is 9.38. The van der Waals surface area contributed by atoms with Gasteiger partial charge in [0.25, 0.3) is 5.69 Å². The summed E-state index contributed by atoms with van der Waals surface area (Å²) in [5.41, 5.74) is 6.79. The molecule has 1 saturated carbocycles. The van der Waals surface area contributed by atoms with E-state index in [4.69, 9.17) is 5.73 Å². The molecule has 0 aromatic carbocycles. The Morgan fingerprint density at radius 3 is 2.62 bits per heavy atom. The summed E-state index contributed by atoms with van der Waals surface area (Å²) in [5.74, 6) is 0.764. The van der Waals surface area contributed by atoms with Crippen LogP contribution in [0.3, 0.4) is 0 Å². The van der Waals surface area contributed by atoms with Crippen molar-refractivity contribution in [2.24, 2.45) is 17.1 Å². The molecule has 16 heavy (non-hydrogen) atoms. The summed E-state index contributed by atoms with van der Waals surface area (Å²) in [7, 11) is 0. The van der Waals surface area contributed by atoms with E-state index >= 15 is 0 Å². The Hall–Kier alpha value is -1.49. The Morgan fingerprint density at radius 2 is 2.25 bits per heavy atom. The maximum atomic E-state index is 10.5. The normalized spacial score (nSPS) is 26.4. The van der Waals surface area contributed by atoms with Gasteiger partial charge < -0.3 is 5.73 Å². The second-order valence-corrected chi connectivity index (χ2v) is 4.84. The Morgan fingerprint density at radius 1 is 1.56 bits per heavy atom. The van der Waals surface area contributed by atoms with Crippen LogP contribution >= 0.6 is 0 Å². The number of nitrogens with two attached hydrogens (primary N) is 1. The first-order valence-corrected chi connectivity index (χ1v) is 5.29. The molecular weight excluding hydrogens is 206 g/mol. The summed E-state index contributed by atoms with van der Waals surface area (Å²) in [4.78, 5) is 14.2. The van der Waals surface area contributed by atoms with Crippen LogP contribution in [0.1, 0.15) is 25.5 Å². The van der Waals surface area contributed by atoms with E-state index < -0.39 is 4.92 Å². The van der Waals surface area contributed by atoms with E-state index in [1.165, 1.54) is 12.3 Å². The minimum atomic E-state index is -0.435. The van der Waals surface area contributed by atoms with Crippen molar-refractivity contribution in [3.05, 3.63) is 34.1 Å². The van der Waals surface area contributed by atoms with Gasteiger partial charge in [0.15, 0.2) is 0 Å². The Bertz CT molecular complexity index is 414. The van der Waals surface area contributed by atoms with Crippen LogP contribution in [0, 0.1) is 21.4 Å². The van der Waals surface area contributed by atoms with E-state index in [0.717, 1.165) is 5.69 Å². The zero-order chi connectivity index (χ0) is 11.9. The first-order chi connectivity index (χ1) is 7.48. The first-order valence-electron chi connectivity index (χ1n) is 5.29. The molecule has 1 aromatic rings. The average Bonchev–Trinajstić information content (AvgIpc) is 2.80. The van der Waals surface area contributed by atoms with Gasteiger partial charge in [-0.05, 0) is 23.9 Å². The fourth-order valence-corrected chi connectivity index (χ4v) is 2.46. The smallest absolute Gasteiger partial charge is 0.287 e. The molecule has 0 spiro atoms. The molecule has 2 unspecified atom stereocenters. The van der Waals surface area contributed by atoms with Gasteiger partial charge in [0.05, 0.1) is 4.92 Å². The van der Waals surface area contributed by atoms with Gasteiger partial charge in [0.2, 0.25) is 0 Å².